The second-order valence-electron chi connectivity index (χ2n) is 1.80. The Morgan fingerprint density at radius 3 is 2.71 bits per heavy atom. The molecule has 0 aromatic heterocycles. The molecule has 0 spiro atoms. The molecular formula is C5H7IO. The summed E-state index contributed by atoms with van der Waals surface area (Å²) in [6, 6.07) is 0. The number of ether oxygens (including phenoxy) is 1. The van der Waals surface area contributed by atoms with Crippen LogP contribution in [0.2, 0.25) is 0 Å². The SMILES string of the molecule is CC1(I)CC=CO1. The van der Waals surface area contributed by atoms with Gasteiger partial charge in [0.1, 0.15) is 0 Å². The van der Waals surface area contributed by atoms with Gasteiger partial charge in [-0.1, -0.05) is 0 Å². The van der Waals surface area contributed by atoms with E-state index in [1.54, 1.807) is 6.26 Å². The molecule has 1 rings (SSSR count). The van der Waals surface area contributed by atoms with E-state index in [0.717, 1.165) is 6.42 Å². The van der Waals surface area contributed by atoms with E-state index in [1.807, 2.05) is 6.08 Å². The van der Waals surface area contributed by atoms with Crippen LogP contribution in [0, 0.1) is 0 Å². The molecule has 0 amide bonds. The number of halogens is 1. The molecule has 1 nitrogen and oxygen atoms in total. The number of rotatable bonds is 0. The van der Waals surface area contributed by atoms with E-state index in [9.17, 15) is 0 Å². The summed E-state index contributed by atoms with van der Waals surface area (Å²) in [5, 5.41) is 0. The van der Waals surface area contributed by atoms with Crippen molar-refractivity contribution in [2.75, 3.05) is 0 Å². The summed E-state index contributed by atoms with van der Waals surface area (Å²) in [4.78, 5) is 0. The minimum absolute atomic E-state index is 0.0533. The molecule has 1 unspecified atom stereocenters. The van der Waals surface area contributed by atoms with Gasteiger partial charge >= 0.3 is 0 Å². The first-order chi connectivity index (χ1) is 3.21. The van der Waals surface area contributed by atoms with Gasteiger partial charge in [-0.05, 0) is 35.6 Å². The molecule has 2 heteroatoms. The Kier molecular flexibility index (Phi) is 1.28. The van der Waals surface area contributed by atoms with Crippen molar-refractivity contribution in [3.05, 3.63) is 12.3 Å². The third-order valence-corrected chi connectivity index (χ3v) is 1.59. The van der Waals surface area contributed by atoms with Crippen LogP contribution in [0.25, 0.3) is 0 Å². The van der Waals surface area contributed by atoms with Gasteiger partial charge in [-0.25, -0.2) is 0 Å². The summed E-state index contributed by atoms with van der Waals surface area (Å²) < 4.78 is 5.20. The van der Waals surface area contributed by atoms with Gasteiger partial charge in [0.05, 0.1) is 6.26 Å². The second-order valence-corrected chi connectivity index (χ2v) is 4.08. The van der Waals surface area contributed by atoms with E-state index in [-0.39, 0.29) is 3.61 Å². The predicted molar refractivity (Wildman–Crippen MR) is 37.3 cm³/mol. The van der Waals surface area contributed by atoms with E-state index in [0.29, 0.717) is 0 Å². The first-order valence-corrected chi connectivity index (χ1v) is 3.30. The summed E-state index contributed by atoms with van der Waals surface area (Å²) in [5.41, 5.74) is 0. The Morgan fingerprint density at radius 1 is 1.86 bits per heavy atom. The van der Waals surface area contributed by atoms with Gasteiger partial charge in [0, 0.05) is 6.42 Å². The summed E-state index contributed by atoms with van der Waals surface area (Å²) in [6.07, 6.45) is 4.83. The fourth-order valence-corrected chi connectivity index (χ4v) is 0.898. The molecule has 0 fully saturated rings. The molecule has 0 bridgehead atoms. The summed E-state index contributed by atoms with van der Waals surface area (Å²) in [7, 11) is 0. The molecule has 0 aliphatic carbocycles. The van der Waals surface area contributed by atoms with Crippen LogP contribution in [-0.4, -0.2) is 3.61 Å². The molecule has 1 heterocycles. The molecule has 40 valence electrons. The van der Waals surface area contributed by atoms with Crippen LogP contribution in [0.5, 0.6) is 0 Å². The van der Waals surface area contributed by atoms with Crippen LogP contribution >= 0.6 is 22.6 Å². The lowest BCUT2D eigenvalue weighted by atomic mass is 10.3. The van der Waals surface area contributed by atoms with Crippen molar-refractivity contribution in [3.8, 4) is 0 Å². The van der Waals surface area contributed by atoms with E-state index >= 15 is 0 Å². The minimum atomic E-state index is 0.0533. The largest absolute Gasteiger partial charge is 0.485 e. The standard InChI is InChI=1S/C5H7IO/c1-5(6)3-2-4-7-5/h2,4H,3H2,1H3. The second kappa shape index (κ2) is 1.65. The predicted octanol–water partition coefficient (Wildman–Crippen LogP) is 2.07. The van der Waals surface area contributed by atoms with Crippen molar-refractivity contribution in [1.82, 2.24) is 0 Å². The van der Waals surface area contributed by atoms with Crippen molar-refractivity contribution in [2.24, 2.45) is 0 Å². The van der Waals surface area contributed by atoms with Crippen molar-refractivity contribution < 1.29 is 4.74 Å². The van der Waals surface area contributed by atoms with Crippen LogP contribution < -0.4 is 0 Å². The van der Waals surface area contributed by atoms with Gasteiger partial charge < -0.3 is 4.74 Å². The zero-order valence-electron chi connectivity index (χ0n) is 4.15. The highest BCUT2D eigenvalue weighted by Crippen LogP contribution is 2.29. The van der Waals surface area contributed by atoms with Gasteiger partial charge in [0.2, 0.25) is 0 Å². The normalized spacial score (nSPS) is 38.6. The van der Waals surface area contributed by atoms with Crippen LogP contribution in [0.4, 0.5) is 0 Å². The Hall–Kier alpha value is 0.270. The monoisotopic (exact) mass is 210 g/mol. The van der Waals surface area contributed by atoms with E-state index < -0.39 is 0 Å². The average Bonchev–Trinajstić information content (AvgIpc) is 1.84. The van der Waals surface area contributed by atoms with E-state index in [1.165, 1.54) is 0 Å². The lowest BCUT2D eigenvalue weighted by molar-refractivity contribution is 0.172. The minimum Gasteiger partial charge on any atom is -0.485 e. The molecule has 7 heavy (non-hydrogen) atoms. The van der Waals surface area contributed by atoms with Crippen molar-refractivity contribution in [3.63, 3.8) is 0 Å². The quantitative estimate of drug-likeness (QED) is 0.439. The highest BCUT2D eigenvalue weighted by atomic mass is 127. The number of hydrogen-bond donors (Lipinski definition) is 0. The van der Waals surface area contributed by atoms with E-state index in [2.05, 4.69) is 29.5 Å². The van der Waals surface area contributed by atoms with E-state index in [4.69, 9.17) is 4.74 Å². The molecular weight excluding hydrogens is 203 g/mol. The first-order valence-electron chi connectivity index (χ1n) is 2.22. The van der Waals surface area contributed by atoms with Crippen LogP contribution in [-0.2, 0) is 4.74 Å². The lowest BCUT2D eigenvalue weighted by Crippen LogP contribution is -2.10. The zero-order chi connectivity index (χ0) is 5.33. The Morgan fingerprint density at radius 2 is 2.57 bits per heavy atom. The van der Waals surface area contributed by atoms with Crippen LogP contribution in [0.1, 0.15) is 13.3 Å². The molecule has 1 aliphatic rings. The Bertz CT molecular complexity index is 86.3. The Labute approximate surface area is 56.9 Å². The van der Waals surface area contributed by atoms with Gasteiger partial charge in [-0.2, -0.15) is 0 Å². The Balaban J connectivity index is 2.49. The van der Waals surface area contributed by atoms with Crippen LogP contribution in [0.3, 0.4) is 0 Å². The maximum Gasteiger partial charge on any atom is 0.159 e. The smallest absolute Gasteiger partial charge is 0.159 e. The lowest BCUT2D eigenvalue weighted by Gasteiger charge is -2.13. The van der Waals surface area contributed by atoms with Crippen molar-refractivity contribution in [1.29, 1.82) is 0 Å². The fraction of sp³-hybridized carbons (Fsp3) is 0.600. The van der Waals surface area contributed by atoms with Gasteiger partial charge in [-0.15, -0.1) is 0 Å². The molecule has 0 saturated heterocycles. The maximum absolute atomic E-state index is 5.15. The summed E-state index contributed by atoms with van der Waals surface area (Å²) in [6.45, 7) is 2.06. The first kappa shape index (κ1) is 5.41. The third-order valence-electron chi connectivity index (χ3n) is 0.892. The van der Waals surface area contributed by atoms with Crippen molar-refractivity contribution >= 4 is 22.6 Å². The topological polar surface area (TPSA) is 9.23 Å². The maximum atomic E-state index is 5.15. The molecule has 0 aromatic carbocycles. The summed E-state index contributed by atoms with van der Waals surface area (Å²) >= 11 is 2.28. The fourth-order valence-electron chi connectivity index (χ4n) is 0.497. The molecule has 1 aliphatic heterocycles. The van der Waals surface area contributed by atoms with Gasteiger partial charge in [-0.3, -0.25) is 0 Å². The molecule has 0 N–H and O–H groups in total. The van der Waals surface area contributed by atoms with Gasteiger partial charge in [0.15, 0.2) is 3.61 Å². The number of hydrogen-bond acceptors (Lipinski definition) is 1. The molecule has 0 radical (unpaired) electrons. The third kappa shape index (κ3) is 1.33. The van der Waals surface area contributed by atoms with Crippen LogP contribution in [0.15, 0.2) is 12.3 Å². The molecule has 1 atom stereocenters. The van der Waals surface area contributed by atoms with Crippen molar-refractivity contribution in [2.45, 2.75) is 17.0 Å². The zero-order valence-corrected chi connectivity index (χ0v) is 6.31. The van der Waals surface area contributed by atoms with Gasteiger partial charge in [0.25, 0.3) is 0 Å². The highest BCUT2D eigenvalue weighted by Gasteiger charge is 2.21. The summed E-state index contributed by atoms with van der Waals surface area (Å²) in [5.74, 6) is 0. The average molecular weight is 210 g/mol. The highest BCUT2D eigenvalue weighted by molar-refractivity contribution is 14.1. The molecule has 0 saturated carbocycles. The number of alkyl halides is 1. The molecule has 0 aromatic rings.